The normalized spacial score (nSPS) is 32.4. The van der Waals surface area contributed by atoms with Crippen LogP contribution in [0.1, 0.15) is 38.5 Å². The van der Waals surface area contributed by atoms with Crippen molar-refractivity contribution in [2.45, 2.75) is 55.9 Å². The summed E-state index contributed by atoms with van der Waals surface area (Å²) in [6, 6.07) is 0.195. The van der Waals surface area contributed by atoms with Gasteiger partial charge in [-0.3, -0.25) is 0 Å². The summed E-state index contributed by atoms with van der Waals surface area (Å²) in [5.74, 6) is -0.0272. The van der Waals surface area contributed by atoms with Crippen LogP contribution in [0.25, 0.3) is 0 Å². The highest BCUT2D eigenvalue weighted by molar-refractivity contribution is 7.92. The van der Waals surface area contributed by atoms with Gasteiger partial charge in [0, 0.05) is 19.1 Å². The van der Waals surface area contributed by atoms with Gasteiger partial charge in [-0.05, 0) is 38.5 Å². The first-order valence-electron chi connectivity index (χ1n) is 7.15. The summed E-state index contributed by atoms with van der Waals surface area (Å²) in [5, 5.41) is -0.549. The minimum Gasteiger partial charge on any atom is -0.328 e. The monoisotopic (exact) mass is 324 g/mol. The molecule has 2 N–H and O–H groups in total. The van der Waals surface area contributed by atoms with Crippen molar-refractivity contribution in [2.75, 3.05) is 18.6 Å². The first-order valence-corrected chi connectivity index (χ1v) is 10.5. The molecule has 0 spiro atoms. The van der Waals surface area contributed by atoms with Gasteiger partial charge in [0.1, 0.15) is 9.84 Å². The minimum atomic E-state index is -3.40. The van der Waals surface area contributed by atoms with E-state index >= 15 is 0 Å². The quantitative estimate of drug-likeness (QED) is 0.794. The molecule has 1 aliphatic heterocycles. The zero-order chi connectivity index (χ0) is 15.0. The van der Waals surface area contributed by atoms with Gasteiger partial charge in [0.15, 0.2) is 0 Å². The largest absolute Gasteiger partial charge is 0.328 e. The molecule has 0 aromatic heterocycles. The third kappa shape index (κ3) is 3.52. The van der Waals surface area contributed by atoms with Gasteiger partial charge in [-0.2, -0.15) is 0 Å². The lowest BCUT2D eigenvalue weighted by molar-refractivity contribution is 0.266. The van der Waals surface area contributed by atoms with Crippen LogP contribution < -0.4 is 5.73 Å². The van der Waals surface area contributed by atoms with E-state index < -0.39 is 25.1 Å². The molecule has 0 aromatic rings. The van der Waals surface area contributed by atoms with Gasteiger partial charge in [-0.15, -0.1) is 0 Å². The molecule has 1 aliphatic carbocycles. The summed E-state index contributed by atoms with van der Waals surface area (Å²) in [6.07, 6.45) is 3.74. The van der Waals surface area contributed by atoms with Crippen molar-refractivity contribution in [1.82, 2.24) is 4.31 Å². The van der Waals surface area contributed by atoms with Gasteiger partial charge in [-0.25, -0.2) is 21.1 Å². The highest BCUT2D eigenvalue weighted by Gasteiger charge is 2.38. The molecule has 2 aliphatic rings. The Morgan fingerprint density at radius 2 is 1.50 bits per heavy atom. The topological polar surface area (TPSA) is 97.5 Å². The molecule has 0 aromatic carbocycles. The van der Waals surface area contributed by atoms with Crippen molar-refractivity contribution in [2.24, 2.45) is 5.73 Å². The number of nitrogens with zero attached hydrogens (tertiary/aromatic N) is 1. The Morgan fingerprint density at radius 1 is 1.00 bits per heavy atom. The van der Waals surface area contributed by atoms with E-state index in [-0.39, 0.29) is 36.4 Å². The van der Waals surface area contributed by atoms with Crippen molar-refractivity contribution >= 4 is 19.9 Å². The molecule has 20 heavy (non-hydrogen) atoms. The van der Waals surface area contributed by atoms with Crippen molar-refractivity contribution in [3.8, 4) is 0 Å². The van der Waals surface area contributed by atoms with E-state index in [0.29, 0.717) is 0 Å². The third-order valence-corrected chi connectivity index (χ3v) is 8.71. The summed E-state index contributed by atoms with van der Waals surface area (Å²) in [4.78, 5) is 0. The fraction of sp³-hybridized carbons (Fsp3) is 1.00. The lowest BCUT2D eigenvalue weighted by Crippen LogP contribution is -2.47. The Morgan fingerprint density at radius 3 is 2.00 bits per heavy atom. The highest BCUT2D eigenvalue weighted by Crippen LogP contribution is 2.28. The zero-order valence-electron chi connectivity index (χ0n) is 11.9. The molecule has 1 saturated carbocycles. The smallest absolute Gasteiger partial charge is 0.217 e. The van der Waals surface area contributed by atoms with Crippen LogP contribution in [0.3, 0.4) is 0 Å². The van der Waals surface area contributed by atoms with Gasteiger partial charge >= 0.3 is 0 Å². The maximum Gasteiger partial charge on any atom is 0.217 e. The Hall–Kier alpha value is -0.180. The number of sulfonamides is 1. The predicted octanol–water partition coefficient (Wildman–Crippen LogP) is 0.0951. The zero-order valence-corrected chi connectivity index (χ0v) is 13.5. The molecule has 2 rings (SSSR count). The van der Waals surface area contributed by atoms with Crippen molar-refractivity contribution in [3.63, 3.8) is 0 Å². The Bertz CT molecular complexity index is 522. The SMILES string of the molecule is CN(C1CCC(N)CC1)S(=O)(=O)C1CCS(=O)(=O)CC1. The average molecular weight is 324 g/mol. The first kappa shape index (κ1) is 16.2. The van der Waals surface area contributed by atoms with E-state index in [4.69, 9.17) is 5.73 Å². The molecule has 0 unspecified atom stereocenters. The molecule has 118 valence electrons. The molecule has 0 atom stereocenters. The van der Waals surface area contributed by atoms with Crippen molar-refractivity contribution < 1.29 is 16.8 Å². The fourth-order valence-electron chi connectivity index (χ4n) is 3.07. The predicted molar refractivity (Wildman–Crippen MR) is 78.6 cm³/mol. The molecule has 0 radical (unpaired) electrons. The van der Waals surface area contributed by atoms with Crippen LogP contribution in [0, 0.1) is 0 Å². The molecular weight excluding hydrogens is 300 g/mol. The van der Waals surface area contributed by atoms with E-state index in [9.17, 15) is 16.8 Å². The van der Waals surface area contributed by atoms with Crippen LogP contribution in [0.2, 0.25) is 0 Å². The van der Waals surface area contributed by atoms with E-state index in [1.807, 2.05) is 0 Å². The van der Waals surface area contributed by atoms with Crippen molar-refractivity contribution in [3.05, 3.63) is 0 Å². The van der Waals surface area contributed by atoms with Crippen LogP contribution in [0.15, 0.2) is 0 Å². The Balaban J connectivity index is 2.03. The second-order valence-electron chi connectivity index (χ2n) is 5.98. The molecule has 2 fully saturated rings. The maximum absolute atomic E-state index is 12.6. The van der Waals surface area contributed by atoms with Gasteiger partial charge in [0.2, 0.25) is 10.0 Å². The van der Waals surface area contributed by atoms with Gasteiger partial charge in [0.05, 0.1) is 16.8 Å². The highest BCUT2D eigenvalue weighted by atomic mass is 32.2. The molecule has 0 amide bonds. The summed E-state index contributed by atoms with van der Waals surface area (Å²) >= 11 is 0. The van der Waals surface area contributed by atoms with E-state index in [0.717, 1.165) is 25.7 Å². The minimum absolute atomic E-state index is 0.0123. The summed E-state index contributed by atoms with van der Waals surface area (Å²) < 4.78 is 49.4. The number of sulfone groups is 1. The Kier molecular flexibility index (Phi) is 4.78. The molecule has 1 saturated heterocycles. The number of hydrogen-bond donors (Lipinski definition) is 1. The molecule has 6 nitrogen and oxygen atoms in total. The van der Waals surface area contributed by atoms with Gasteiger partial charge in [0.25, 0.3) is 0 Å². The summed E-state index contributed by atoms with van der Waals surface area (Å²) in [5.41, 5.74) is 5.84. The number of hydrogen-bond acceptors (Lipinski definition) is 5. The van der Waals surface area contributed by atoms with E-state index in [1.165, 1.54) is 4.31 Å². The lowest BCUT2D eigenvalue weighted by atomic mass is 9.92. The van der Waals surface area contributed by atoms with Crippen LogP contribution >= 0.6 is 0 Å². The first-order chi connectivity index (χ1) is 9.22. The summed E-state index contributed by atoms with van der Waals surface area (Å²) in [6.45, 7) is 0. The molecular formula is C12H24N2O4S2. The number of nitrogens with two attached hydrogens (primary N) is 1. The van der Waals surface area contributed by atoms with Crippen molar-refractivity contribution in [1.29, 1.82) is 0 Å². The van der Waals surface area contributed by atoms with Crippen LogP contribution in [0.4, 0.5) is 0 Å². The average Bonchev–Trinajstić information content (AvgIpc) is 2.38. The van der Waals surface area contributed by atoms with Crippen LogP contribution in [-0.2, 0) is 19.9 Å². The Labute approximate surface area is 121 Å². The van der Waals surface area contributed by atoms with Gasteiger partial charge < -0.3 is 5.73 Å². The third-order valence-electron chi connectivity index (χ3n) is 4.58. The fourth-order valence-corrected chi connectivity index (χ4v) is 6.79. The molecule has 8 heteroatoms. The summed E-state index contributed by atoms with van der Waals surface area (Å²) in [7, 11) is -4.81. The van der Waals surface area contributed by atoms with Gasteiger partial charge in [-0.1, -0.05) is 0 Å². The number of rotatable bonds is 3. The second-order valence-corrected chi connectivity index (χ2v) is 10.6. The van der Waals surface area contributed by atoms with E-state index in [1.54, 1.807) is 7.05 Å². The molecule has 0 bridgehead atoms. The second kappa shape index (κ2) is 5.90. The lowest BCUT2D eigenvalue weighted by Gasteiger charge is -2.35. The molecule has 1 heterocycles. The standard InChI is InChI=1S/C12H24N2O4S2/c1-14(11-4-2-10(13)3-5-11)20(17,18)12-6-8-19(15,16)9-7-12/h10-12H,2-9,13H2,1H3. The van der Waals surface area contributed by atoms with Crippen LogP contribution in [0.5, 0.6) is 0 Å². The van der Waals surface area contributed by atoms with E-state index in [2.05, 4.69) is 0 Å². The maximum atomic E-state index is 12.6. The van der Waals surface area contributed by atoms with Crippen LogP contribution in [-0.4, -0.2) is 57.0 Å².